The highest BCUT2D eigenvalue weighted by Crippen LogP contribution is 2.04. The summed E-state index contributed by atoms with van der Waals surface area (Å²) in [4.78, 5) is 14.6. The summed E-state index contributed by atoms with van der Waals surface area (Å²) in [5, 5.41) is 3.76. The van der Waals surface area contributed by atoms with Crippen molar-refractivity contribution >= 4 is 5.97 Å². The average molecular weight is 171 g/mol. The normalized spacial score (nSPS) is 9.58. The summed E-state index contributed by atoms with van der Waals surface area (Å²) >= 11 is 0. The van der Waals surface area contributed by atoms with Crippen molar-refractivity contribution in [3.8, 4) is 6.01 Å². The summed E-state index contributed by atoms with van der Waals surface area (Å²) in [7, 11) is 4.34. The third-order valence-electron chi connectivity index (χ3n) is 1.27. The Kier molecular flexibility index (Phi) is 2.27. The van der Waals surface area contributed by atoms with Gasteiger partial charge in [0.2, 0.25) is 0 Å². The van der Waals surface area contributed by atoms with E-state index in [-0.39, 0.29) is 11.8 Å². The second-order valence-electron chi connectivity index (χ2n) is 2.04. The molecule has 6 nitrogen and oxygen atoms in total. The van der Waals surface area contributed by atoms with Crippen molar-refractivity contribution in [3.63, 3.8) is 0 Å². The fourth-order valence-electron chi connectivity index (χ4n) is 0.726. The largest absolute Gasteiger partial charge is 0.467 e. The first-order valence-electron chi connectivity index (χ1n) is 3.22. The highest BCUT2D eigenvalue weighted by molar-refractivity contribution is 5.84. The van der Waals surface area contributed by atoms with Crippen molar-refractivity contribution in [2.45, 2.75) is 0 Å². The lowest BCUT2D eigenvalue weighted by molar-refractivity contribution is 0.0586. The molecule has 6 heteroatoms. The molecule has 0 saturated heterocycles. The van der Waals surface area contributed by atoms with Crippen LogP contribution in [0.5, 0.6) is 6.01 Å². The first kappa shape index (κ1) is 8.51. The van der Waals surface area contributed by atoms with Crippen LogP contribution in [0.15, 0.2) is 0 Å². The Balaban J connectivity index is 2.96. The molecule has 0 fully saturated rings. The molecule has 0 aliphatic carbocycles. The van der Waals surface area contributed by atoms with Gasteiger partial charge < -0.3 is 9.47 Å². The minimum absolute atomic E-state index is 0.00292. The van der Waals surface area contributed by atoms with Crippen LogP contribution < -0.4 is 4.74 Å². The van der Waals surface area contributed by atoms with Gasteiger partial charge in [-0.1, -0.05) is 0 Å². The van der Waals surface area contributed by atoms with Crippen molar-refractivity contribution in [1.29, 1.82) is 0 Å². The summed E-state index contributed by atoms with van der Waals surface area (Å²) < 4.78 is 10.6. The topological polar surface area (TPSA) is 66.2 Å². The van der Waals surface area contributed by atoms with Gasteiger partial charge in [-0.2, -0.15) is 4.98 Å². The number of esters is 1. The van der Waals surface area contributed by atoms with E-state index in [1.165, 1.54) is 18.9 Å². The Morgan fingerprint density at radius 1 is 1.50 bits per heavy atom. The van der Waals surface area contributed by atoms with Gasteiger partial charge in [-0.3, -0.25) is 0 Å². The van der Waals surface area contributed by atoms with Gasteiger partial charge >= 0.3 is 12.0 Å². The zero-order valence-electron chi connectivity index (χ0n) is 7.07. The molecule has 66 valence electrons. The lowest BCUT2D eigenvalue weighted by Gasteiger charge is -1.92. The maximum Gasteiger partial charge on any atom is 0.378 e. The third kappa shape index (κ3) is 1.36. The Morgan fingerprint density at radius 2 is 2.17 bits per heavy atom. The first-order valence-corrected chi connectivity index (χ1v) is 3.22. The molecule has 1 aromatic heterocycles. The third-order valence-corrected chi connectivity index (χ3v) is 1.27. The standard InChI is InChI=1S/C6H9N3O3/c1-9-6(12-3)7-4(8-9)5(10)11-2/h1-3H3. The number of carbonyl (C=O) groups excluding carboxylic acids is 1. The predicted octanol–water partition coefficient (Wildman–Crippen LogP) is -0.390. The zero-order chi connectivity index (χ0) is 9.14. The van der Waals surface area contributed by atoms with Gasteiger partial charge in [0.15, 0.2) is 0 Å². The van der Waals surface area contributed by atoms with Crippen LogP contribution in [-0.2, 0) is 11.8 Å². The molecule has 1 rings (SSSR count). The fraction of sp³-hybridized carbons (Fsp3) is 0.500. The number of ether oxygens (including phenoxy) is 2. The van der Waals surface area contributed by atoms with Crippen LogP contribution in [0.4, 0.5) is 0 Å². The number of nitrogens with zero attached hydrogens (tertiary/aromatic N) is 3. The molecule has 0 spiro atoms. The van der Waals surface area contributed by atoms with Gasteiger partial charge in [0.05, 0.1) is 14.2 Å². The molecule has 0 saturated carbocycles. The highest BCUT2D eigenvalue weighted by Gasteiger charge is 2.14. The number of carbonyl (C=O) groups is 1. The highest BCUT2D eigenvalue weighted by atomic mass is 16.5. The Bertz CT molecular complexity index is 294. The van der Waals surface area contributed by atoms with Gasteiger partial charge in [-0.05, 0) is 0 Å². The molecular weight excluding hydrogens is 162 g/mol. The molecule has 0 aliphatic rings. The average Bonchev–Trinajstić information content (AvgIpc) is 2.45. The van der Waals surface area contributed by atoms with E-state index in [0.717, 1.165) is 0 Å². The van der Waals surface area contributed by atoms with E-state index >= 15 is 0 Å². The maximum absolute atomic E-state index is 10.9. The van der Waals surface area contributed by atoms with Crippen LogP contribution in [0.25, 0.3) is 0 Å². The van der Waals surface area contributed by atoms with Gasteiger partial charge in [-0.25, -0.2) is 9.48 Å². The van der Waals surface area contributed by atoms with E-state index in [2.05, 4.69) is 14.8 Å². The van der Waals surface area contributed by atoms with Gasteiger partial charge in [-0.15, -0.1) is 5.10 Å². The fourth-order valence-corrected chi connectivity index (χ4v) is 0.726. The second-order valence-corrected chi connectivity index (χ2v) is 2.04. The quantitative estimate of drug-likeness (QED) is 0.567. The summed E-state index contributed by atoms with van der Waals surface area (Å²) in [6.07, 6.45) is 0. The molecule has 1 heterocycles. The van der Waals surface area contributed by atoms with Crippen molar-refractivity contribution < 1.29 is 14.3 Å². The number of hydrogen-bond donors (Lipinski definition) is 0. The lowest BCUT2D eigenvalue weighted by atomic mass is 10.6. The van der Waals surface area contributed by atoms with Crippen LogP contribution in [0.3, 0.4) is 0 Å². The minimum Gasteiger partial charge on any atom is -0.467 e. The Hall–Kier alpha value is -1.59. The van der Waals surface area contributed by atoms with Crippen LogP contribution in [0.2, 0.25) is 0 Å². The molecule has 0 bridgehead atoms. The van der Waals surface area contributed by atoms with Crippen molar-refractivity contribution in [2.75, 3.05) is 14.2 Å². The molecule has 12 heavy (non-hydrogen) atoms. The maximum atomic E-state index is 10.9. The summed E-state index contributed by atoms with van der Waals surface area (Å²) in [5.41, 5.74) is 0. The van der Waals surface area contributed by atoms with E-state index in [1.54, 1.807) is 7.05 Å². The molecule has 0 amide bonds. The Labute approximate surface area is 69.1 Å². The van der Waals surface area contributed by atoms with E-state index in [1.807, 2.05) is 0 Å². The zero-order valence-corrected chi connectivity index (χ0v) is 7.07. The number of methoxy groups -OCH3 is 2. The number of aryl methyl sites for hydroxylation is 1. The Morgan fingerprint density at radius 3 is 2.58 bits per heavy atom. The minimum atomic E-state index is -0.575. The van der Waals surface area contributed by atoms with Gasteiger partial charge in [0.1, 0.15) is 0 Å². The summed E-state index contributed by atoms with van der Waals surface area (Å²) in [6, 6.07) is 0.274. The molecule has 0 N–H and O–H groups in total. The van der Waals surface area contributed by atoms with E-state index in [0.29, 0.717) is 0 Å². The monoisotopic (exact) mass is 171 g/mol. The smallest absolute Gasteiger partial charge is 0.378 e. The molecule has 0 aliphatic heterocycles. The molecular formula is C6H9N3O3. The second kappa shape index (κ2) is 3.21. The van der Waals surface area contributed by atoms with Crippen LogP contribution in [0.1, 0.15) is 10.6 Å². The van der Waals surface area contributed by atoms with Crippen molar-refractivity contribution in [2.24, 2.45) is 7.05 Å². The van der Waals surface area contributed by atoms with E-state index in [9.17, 15) is 4.79 Å². The number of rotatable bonds is 2. The molecule has 0 unspecified atom stereocenters. The first-order chi connectivity index (χ1) is 5.69. The van der Waals surface area contributed by atoms with Gasteiger partial charge in [0.25, 0.3) is 5.82 Å². The summed E-state index contributed by atoms with van der Waals surface area (Å²) in [6.45, 7) is 0. The summed E-state index contributed by atoms with van der Waals surface area (Å²) in [5.74, 6) is -0.578. The lowest BCUT2D eigenvalue weighted by Crippen LogP contribution is -2.04. The molecule has 0 radical (unpaired) electrons. The van der Waals surface area contributed by atoms with E-state index < -0.39 is 5.97 Å². The molecule has 1 aromatic rings. The molecule has 0 aromatic carbocycles. The van der Waals surface area contributed by atoms with E-state index in [4.69, 9.17) is 4.74 Å². The number of hydrogen-bond acceptors (Lipinski definition) is 5. The van der Waals surface area contributed by atoms with Gasteiger partial charge in [0, 0.05) is 7.05 Å². The SMILES string of the molecule is COC(=O)c1nc(OC)n(C)n1. The van der Waals surface area contributed by atoms with Crippen LogP contribution in [0, 0.1) is 0 Å². The van der Waals surface area contributed by atoms with Crippen LogP contribution >= 0.6 is 0 Å². The van der Waals surface area contributed by atoms with Crippen molar-refractivity contribution in [1.82, 2.24) is 14.8 Å². The number of aromatic nitrogens is 3. The predicted molar refractivity (Wildman–Crippen MR) is 38.9 cm³/mol. The van der Waals surface area contributed by atoms with Crippen LogP contribution in [-0.4, -0.2) is 35.0 Å². The van der Waals surface area contributed by atoms with Crippen molar-refractivity contribution in [3.05, 3.63) is 5.82 Å². The molecule has 0 atom stereocenters.